The van der Waals surface area contributed by atoms with E-state index in [1.165, 1.54) is 0 Å². The average molecular weight is 523 g/mol. The van der Waals surface area contributed by atoms with Crippen LogP contribution in [0, 0.1) is 0 Å². The molecule has 2 aromatic carbocycles. The zero-order valence-electron chi connectivity index (χ0n) is 21.4. The summed E-state index contributed by atoms with van der Waals surface area (Å²) in [6.45, 7) is 0.780. The molecule has 2 N–H and O–H groups in total. The van der Waals surface area contributed by atoms with E-state index in [1.807, 2.05) is 28.0 Å². The molecule has 3 fully saturated rings. The number of benzene rings is 2. The number of hydrogen-bond donors (Lipinski definition) is 2. The highest BCUT2D eigenvalue weighted by molar-refractivity contribution is 7.80. The Bertz CT molecular complexity index is 1160. The highest BCUT2D eigenvalue weighted by Gasteiger charge is 2.53. The molecule has 9 heteroatoms. The Morgan fingerprint density at radius 1 is 1.11 bits per heavy atom. The summed E-state index contributed by atoms with van der Waals surface area (Å²) in [7, 11) is 3.15. The van der Waals surface area contributed by atoms with Crippen molar-refractivity contribution in [1.29, 1.82) is 0 Å². The van der Waals surface area contributed by atoms with E-state index < -0.39 is 5.54 Å². The number of nitrogens with zero attached hydrogens (tertiary/aromatic N) is 2. The number of amides is 2. The van der Waals surface area contributed by atoms with Crippen LogP contribution in [0.5, 0.6) is 11.5 Å². The van der Waals surface area contributed by atoms with Crippen molar-refractivity contribution in [3.05, 3.63) is 54.1 Å². The first kappa shape index (κ1) is 25.3. The Morgan fingerprint density at radius 2 is 1.84 bits per heavy atom. The van der Waals surface area contributed by atoms with E-state index in [2.05, 4.69) is 22.8 Å². The third-order valence-corrected chi connectivity index (χ3v) is 8.04. The Hall–Kier alpha value is -3.33. The highest BCUT2D eigenvalue weighted by Crippen LogP contribution is 2.44. The first-order chi connectivity index (χ1) is 17.9. The second-order valence-electron chi connectivity index (χ2n) is 10.0. The van der Waals surface area contributed by atoms with Crippen LogP contribution >= 0.6 is 12.2 Å². The number of ether oxygens (including phenoxy) is 2. The molecule has 3 aliphatic rings. The third-order valence-electron chi connectivity index (χ3n) is 7.67. The molecule has 8 nitrogen and oxygen atoms in total. The van der Waals surface area contributed by atoms with Crippen molar-refractivity contribution in [3.63, 3.8) is 0 Å². The lowest BCUT2D eigenvalue weighted by Crippen LogP contribution is -2.60. The number of nitrogens with one attached hydrogen (secondary N) is 2. The Balaban J connectivity index is 1.35. The summed E-state index contributed by atoms with van der Waals surface area (Å²) in [6, 6.07) is 15.6. The number of thiocarbonyl (C=S) groups is 1. The quantitative estimate of drug-likeness (QED) is 0.484. The van der Waals surface area contributed by atoms with Gasteiger partial charge in [-0.2, -0.15) is 0 Å². The number of hydrogen-bond acceptors (Lipinski definition) is 5. The molecule has 37 heavy (non-hydrogen) atoms. The van der Waals surface area contributed by atoms with E-state index in [1.54, 1.807) is 32.4 Å². The van der Waals surface area contributed by atoms with Crippen molar-refractivity contribution in [2.75, 3.05) is 32.6 Å². The van der Waals surface area contributed by atoms with Crippen LogP contribution in [0.3, 0.4) is 0 Å². The van der Waals surface area contributed by atoms with E-state index in [0.717, 1.165) is 31.2 Å². The van der Waals surface area contributed by atoms with Crippen molar-refractivity contribution in [1.82, 2.24) is 15.1 Å². The van der Waals surface area contributed by atoms with E-state index in [-0.39, 0.29) is 30.4 Å². The van der Waals surface area contributed by atoms with Gasteiger partial charge in [0.05, 0.1) is 32.5 Å². The molecule has 0 spiro atoms. The van der Waals surface area contributed by atoms with Gasteiger partial charge >= 0.3 is 0 Å². The van der Waals surface area contributed by atoms with Crippen LogP contribution in [0.2, 0.25) is 0 Å². The predicted octanol–water partition coefficient (Wildman–Crippen LogP) is 3.88. The first-order valence-electron chi connectivity index (χ1n) is 12.9. The van der Waals surface area contributed by atoms with Crippen LogP contribution in [0.25, 0.3) is 0 Å². The van der Waals surface area contributed by atoms with Crippen LogP contribution in [0.1, 0.15) is 50.1 Å². The lowest BCUT2D eigenvalue weighted by molar-refractivity contribution is -0.146. The number of rotatable bonds is 9. The second kappa shape index (κ2) is 10.6. The van der Waals surface area contributed by atoms with Gasteiger partial charge < -0.3 is 29.9 Å². The fourth-order valence-electron chi connectivity index (χ4n) is 5.64. The normalized spacial score (nSPS) is 20.3. The zero-order chi connectivity index (χ0) is 26.0. The summed E-state index contributed by atoms with van der Waals surface area (Å²) in [6.07, 6.45) is 4.94. The smallest absolute Gasteiger partial charge is 0.250 e. The number of anilines is 1. The molecular weight excluding hydrogens is 488 g/mol. The Labute approximate surface area is 223 Å². The molecule has 1 saturated heterocycles. The third kappa shape index (κ3) is 5.09. The molecule has 0 bridgehead atoms. The SMILES string of the molecule is COc1ccc(NC(=O)C2(N(C(=O)CN3C[C@H](c4ccccc4)NC3=S)C3CC3)CCCC2)c(OC)c1. The molecule has 2 saturated carbocycles. The van der Waals surface area contributed by atoms with Crippen LogP contribution in [0.4, 0.5) is 5.69 Å². The molecule has 0 unspecified atom stereocenters. The van der Waals surface area contributed by atoms with Gasteiger partial charge in [0.15, 0.2) is 5.11 Å². The molecule has 2 aliphatic carbocycles. The largest absolute Gasteiger partial charge is 0.497 e. The van der Waals surface area contributed by atoms with Gasteiger partial charge in [-0.05, 0) is 55.6 Å². The van der Waals surface area contributed by atoms with Crippen molar-refractivity contribution in [2.45, 2.75) is 56.1 Å². The van der Waals surface area contributed by atoms with Gasteiger partial charge in [-0.25, -0.2) is 0 Å². The van der Waals surface area contributed by atoms with Gasteiger partial charge in [0.25, 0.3) is 0 Å². The maximum Gasteiger partial charge on any atom is 0.250 e. The van der Waals surface area contributed by atoms with Gasteiger partial charge in [0.2, 0.25) is 11.8 Å². The Morgan fingerprint density at radius 3 is 2.49 bits per heavy atom. The monoisotopic (exact) mass is 522 g/mol. The molecule has 0 radical (unpaired) electrons. The standard InChI is InChI=1S/C28H34N4O4S/c1-35-21-12-13-22(24(16-21)36-2)29-26(34)28(14-6-7-15-28)32(20-10-11-20)25(33)18-31-17-23(30-27(31)37)19-8-4-3-5-9-19/h3-5,8-9,12-13,16,20,23H,6-7,10-11,14-15,17-18H2,1-2H3,(H,29,34)(H,30,37)/t23-/m1/s1. The van der Waals surface area contributed by atoms with Crippen molar-refractivity contribution in [3.8, 4) is 11.5 Å². The molecule has 196 valence electrons. The van der Waals surface area contributed by atoms with Crippen molar-refractivity contribution < 1.29 is 19.1 Å². The summed E-state index contributed by atoms with van der Waals surface area (Å²) in [4.78, 5) is 31.7. The molecule has 1 atom stereocenters. The van der Waals surface area contributed by atoms with Gasteiger partial charge in [-0.15, -0.1) is 0 Å². The molecular formula is C28H34N4O4S. The minimum absolute atomic E-state index is 0.0425. The van der Waals surface area contributed by atoms with Crippen molar-refractivity contribution in [2.24, 2.45) is 0 Å². The summed E-state index contributed by atoms with van der Waals surface area (Å²) in [5.74, 6) is 0.965. The van der Waals surface area contributed by atoms with E-state index in [9.17, 15) is 9.59 Å². The van der Waals surface area contributed by atoms with Gasteiger partial charge in [-0.1, -0.05) is 43.2 Å². The van der Waals surface area contributed by atoms with Crippen molar-refractivity contribution >= 4 is 34.8 Å². The van der Waals surface area contributed by atoms with Gasteiger partial charge in [0, 0.05) is 18.7 Å². The zero-order valence-corrected chi connectivity index (χ0v) is 22.2. The molecule has 1 heterocycles. The van der Waals surface area contributed by atoms with Gasteiger partial charge in [0.1, 0.15) is 17.0 Å². The minimum atomic E-state index is -0.878. The van der Waals surface area contributed by atoms with E-state index in [0.29, 0.717) is 41.7 Å². The lowest BCUT2D eigenvalue weighted by atomic mass is 9.92. The fourth-order valence-corrected chi connectivity index (χ4v) is 5.92. The topological polar surface area (TPSA) is 83.1 Å². The van der Waals surface area contributed by atoms with E-state index >= 15 is 0 Å². The minimum Gasteiger partial charge on any atom is -0.497 e. The molecule has 0 aromatic heterocycles. The number of methoxy groups -OCH3 is 2. The van der Waals surface area contributed by atoms with Crippen LogP contribution in [0.15, 0.2) is 48.5 Å². The van der Waals surface area contributed by atoms with Crippen LogP contribution in [-0.4, -0.2) is 65.6 Å². The highest BCUT2D eigenvalue weighted by atomic mass is 32.1. The molecule has 2 aromatic rings. The molecule has 2 amide bonds. The van der Waals surface area contributed by atoms with Crippen LogP contribution < -0.4 is 20.1 Å². The maximum absolute atomic E-state index is 13.9. The van der Waals surface area contributed by atoms with E-state index in [4.69, 9.17) is 21.7 Å². The summed E-state index contributed by atoms with van der Waals surface area (Å²) in [5, 5.41) is 7.00. The fraction of sp³-hybridized carbons (Fsp3) is 0.464. The summed E-state index contributed by atoms with van der Waals surface area (Å²) in [5.41, 5.74) is 0.828. The molecule has 1 aliphatic heterocycles. The first-order valence-corrected chi connectivity index (χ1v) is 13.3. The summed E-state index contributed by atoms with van der Waals surface area (Å²) < 4.78 is 10.8. The molecule has 5 rings (SSSR count). The number of carbonyl (C=O) groups is 2. The lowest BCUT2D eigenvalue weighted by Gasteiger charge is -2.41. The summed E-state index contributed by atoms with van der Waals surface area (Å²) >= 11 is 5.59. The predicted molar refractivity (Wildman–Crippen MR) is 146 cm³/mol. The Kier molecular flexibility index (Phi) is 7.24. The van der Waals surface area contributed by atoms with Gasteiger partial charge in [-0.3, -0.25) is 9.59 Å². The van der Waals surface area contributed by atoms with Crippen LogP contribution in [-0.2, 0) is 9.59 Å². The second-order valence-corrected chi connectivity index (χ2v) is 10.4. The maximum atomic E-state index is 13.9. The number of carbonyl (C=O) groups excluding carboxylic acids is 2. The average Bonchev–Trinajstić information content (AvgIpc) is 3.49.